The summed E-state index contributed by atoms with van der Waals surface area (Å²) in [6.45, 7) is 0.445. The van der Waals surface area contributed by atoms with E-state index in [0.717, 1.165) is 9.13 Å². The highest BCUT2D eigenvalue weighted by Crippen LogP contribution is 2.07. The first-order valence-corrected chi connectivity index (χ1v) is 5.81. The summed E-state index contributed by atoms with van der Waals surface area (Å²) in [4.78, 5) is 11.5. The van der Waals surface area contributed by atoms with Crippen molar-refractivity contribution in [3.8, 4) is 0 Å². The zero-order valence-corrected chi connectivity index (χ0v) is 10.6. The van der Waals surface area contributed by atoms with Crippen LogP contribution in [0.25, 0.3) is 0 Å². The molecule has 0 saturated carbocycles. The van der Waals surface area contributed by atoms with Crippen LogP contribution in [-0.2, 0) is 6.54 Å². The quantitative estimate of drug-likeness (QED) is 0.850. The molecule has 0 aliphatic rings. The maximum atomic E-state index is 11.5. The standard InChI is InChI=1S/C11H10IN3O/c12-9-3-1-8(2-4-9)7-15-11(16)6-5-10(13)14-15/h1-6H,7H2,(H2,13,14). The Kier molecular flexibility index (Phi) is 3.23. The van der Waals surface area contributed by atoms with Crippen LogP contribution >= 0.6 is 22.6 Å². The molecule has 16 heavy (non-hydrogen) atoms. The largest absolute Gasteiger partial charge is 0.382 e. The average molecular weight is 327 g/mol. The minimum absolute atomic E-state index is 0.146. The van der Waals surface area contributed by atoms with Crippen LogP contribution in [0.5, 0.6) is 0 Å². The second-order valence-electron chi connectivity index (χ2n) is 3.38. The normalized spacial score (nSPS) is 10.3. The van der Waals surface area contributed by atoms with E-state index >= 15 is 0 Å². The molecule has 0 saturated heterocycles. The number of rotatable bonds is 2. The lowest BCUT2D eigenvalue weighted by molar-refractivity contribution is 0.644. The van der Waals surface area contributed by atoms with Crippen LogP contribution in [0.15, 0.2) is 41.2 Å². The smallest absolute Gasteiger partial charge is 0.267 e. The van der Waals surface area contributed by atoms with E-state index in [4.69, 9.17) is 5.73 Å². The molecule has 0 radical (unpaired) electrons. The Morgan fingerprint density at radius 3 is 2.56 bits per heavy atom. The van der Waals surface area contributed by atoms with Gasteiger partial charge in [-0.3, -0.25) is 4.79 Å². The molecule has 2 rings (SSSR count). The molecule has 0 atom stereocenters. The minimum atomic E-state index is -0.146. The zero-order chi connectivity index (χ0) is 11.5. The van der Waals surface area contributed by atoms with Crippen molar-refractivity contribution in [2.75, 3.05) is 5.73 Å². The summed E-state index contributed by atoms with van der Waals surface area (Å²) in [5.41, 5.74) is 6.42. The molecule has 0 bridgehead atoms. The van der Waals surface area contributed by atoms with Crippen LogP contribution in [0.3, 0.4) is 0 Å². The van der Waals surface area contributed by atoms with Gasteiger partial charge >= 0.3 is 0 Å². The van der Waals surface area contributed by atoms with Crippen molar-refractivity contribution < 1.29 is 0 Å². The molecular formula is C11H10IN3O. The Morgan fingerprint density at radius 1 is 1.19 bits per heavy atom. The molecule has 2 aromatic rings. The van der Waals surface area contributed by atoms with Crippen LogP contribution in [-0.4, -0.2) is 9.78 Å². The molecule has 0 spiro atoms. The number of nitrogens with zero attached hydrogens (tertiary/aromatic N) is 2. The lowest BCUT2D eigenvalue weighted by atomic mass is 10.2. The third-order valence-electron chi connectivity index (χ3n) is 2.13. The van der Waals surface area contributed by atoms with Gasteiger partial charge in [-0.1, -0.05) is 12.1 Å². The number of nitrogen functional groups attached to an aromatic ring is 1. The lowest BCUT2D eigenvalue weighted by Crippen LogP contribution is -2.23. The predicted molar refractivity (Wildman–Crippen MR) is 71.2 cm³/mol. The van der Waals surface area contributed by atoms with E-state index in [0.29, 0.717) is 12.4 Å². The summed E-state index contributed by atoms with van der Waals surface area (Å²) < 4.78 is 2.52. The van der Waals surface area contributed by atoms with Gasteiger partial charge in [0.15, 0.2) is 0 Å². The Bertz CT molecular complexity index is 548. The number of nitrogens with two attached hydrogens (primary N) is 1. The number of halogens is 1. The molecule has 5 heteroatoms. The van der Waals surface area contributed by atoms with Crippen molar-refractivity contribution >= 4 is 28.4 Å². The molecule has 1 aromatic carbocycles. The summed E-state index contributed by atoms with van der Waals surface area (Å²) in [5.74, 6) is 0.352. The number of benzene rings is 1. The highest BCUT2D eigenvalue weighted by atomic mass is 127. The van der Waals surface area contributed by atoms with Crippen LogP contribution in [0, 0.1) is 3.57 Å². The van der Waals surface area contributed by atoms with Crippen molar-refractivity contribution in [2.24, 2.45) is 0 Å². The molecule has 1 aromatic heterocycles. The Balaban J connectivity index is 2.30. The molecule has 4 nitrogen and oxygen atoms in total. The van der Waals surface area contributed by atoms with E-state index in [1.165, 1.54) is 16.8 Å². The van der Waals surface area contributed by atoms with Crippen molar-refractivity contribution in [2.45, 2.75) is 6.54 Å². The molecular weight excluding hydrogens is 317 g/mol. The number of anilines is 1. The van der Waals surface area contributed by atoms with Gasteiger partial charge in [-0.25, -0.2) is 4.68 Å². The van der Waals surface area contributed by atoms with E-state index in [2.05, 4.69) is 27.7 Å². The van der Waals surface area contributed by atoms with Crippen molar-refractivity contribution in [3.05, 3.63) is 55.9 Å². The summed E-state index contributed by atoms with van der Waals surface area (Å²) in [7, 11) is 0. The third-order valence-corrected chi connectivity index (χ3v) is 2.85. The minimum Gasteiger partial charge on any atom is -0.382 e. The fourth-order valence-electron chi connectivity index (χ4n) is 1.34. The van der Waals surface area contributed by atoms with Gasteiger partial charge < -0.3 is 5.73 Å². The lowest BCUT2D eigenvalue weighted by Gasteiger charge is -2.04. The van der Waals surface area contributed by atoms with Crippen LogP contribution in [0.2, 0.25) is 0 Å². The first kappa shape index (κ1) is 11.1. The van der Waals surface area contributed by atoms with Gasteiger partial charge in [0.25, 0.3) is 5.56 Å². The maximum Gasteiger partial charge on any atom is 0.267 e. The number of hydrogen-bond acceptors (Lipinski definition) is 3. The van der Waals surface area contributed by atoms with Crippen molar-refractivity contribution in [1.82, 2.24) is 9.78 Å². The Labute approximate surface area is 106 Å². The van der Waals surface area contributed by atoms with Gasteiger partial charge in [0.1, 0.15) is 5.82 Å². The third kappa shape index (κ3) is 2.60. The molecule has 0 aliphatic carbocycles. The second-order valence-corrected chi connectivity index (χ2v) is 4.63. The summed E-state index contributed by atoms with van der Waals surface area (Å²) >= 11 is 2.24. The van der Waals surface area contributed by atoms with Crippen molar-refractivity contribution in [3.63, 3.8) is 0 Å². The van der Waals surface area contributed by atoms with E-state index < -0.39 is 0 Å². The van der Waals surface area contributed by atoms with Gasteiger partial charge in [-0.15, -0.1) is 0 Å². The van der Waals surface area contributed by atoms with E-state index in [-0.39, 0.29) is 5.56 Å². The van der Waals surface area contributed by atoms with Crippen molar-refractivity contribution in [1.29, 1.82) is 0 Å². The monoisotopic (exact) mass is 327 g/mol. The zero-order valence-electron chi connectivity index (χ0n) is 8.43. The molecule has 0 unspecified atom stereocenters. The average Bonchev–Trinajstić information content (AvgIpc) is 2.27. The van der Waals surface area contributed by atoms with Gasteiger partial charge in [0, 0.05) is 9.64 Å². The SMILES string of the molecule is Nc1ccc(=O)n(Cc2ccc(I)cc2)n1. The van der Waals surface area contributed by atoms with E-state index in [1.807, 2.05) is 24.3 Å². The summed E-state index contributed by atoms with van der Waals surface area (Å²) in [6.07, 6.45) is 0. The maximum absolute atomic E-state index is 11.5. The summed E-state index contributed by atoms with van der Waals surface area (Å²) in [5, 5.41) is 3.97. The molecule has 2 N–H and O–H groups in total. The molecule has 0 fully saturated rings. The highest BCUT2D eigenvalue weighted by molar-refractivity contribution is 14.1. The topological polar surface area (TPSA) is 60.9 Å². The molecule has 82 valence electrons. The van der Waals surface area contributed by atoms with E-state index in [9.17, 15) is 4.79 Å². The Morgan fingerprint density at radius 2 is 1.88 bits per heavy atom. The van der Waals surface area contributed by atoms with Gasteiger partial charge in [0.2, 0.25) is 0 Å². The predicted octanol–water partition coefficient (Wildman–Crippen LogP) is 1.48. The second kappa shape index (κ2) is 4.65. The van der Waals surface area contributed by atoms with Crippen LogP contribution in [0.1, 0.15) is 5.56 Å². The summed E-state index contributed by atoms with van der Waals surface area (Å²) in [6, 6.07) is 10.9. The fraction of sp³-hybridized carbons (Fsp3) is 0.0909. The molecule has 1 heterocycles. The first-order chi connectivity index (χ1) is 7.65. The van der Waals surface area contributed by atoms with Gasteiger partial charge in [0.05, 0.1) is 6.54 Å². The Hall–Kier alpha value is -1.37. The van der Waals surface area contributed by atoms with Crippen LogP contribution in [0.4, 0.5) is 5.82 Å². The van der Waals surface area contributed by atoms with Gasteiger partial charge in [-0.2, -0.15) is 5.10 Å². The molecule has 0 amide bonds. The number of aromatic nitrogens is 2. The molecule has 0 aliphatic heterocycles. The fourth-order valence-corrected chi connectivity index (χ4v) is 1.70. The highest BCUT2D eigenvalue weighted by Gasteiger charge is 1.99. The van der Waals surface area contributed by atoms with E-state index in [1.54, 1.807) is 0 Å². The number of hydrogen-bond donors (Lipinski definition) is 1. The first-order valence-electron chi connectivity index (χ1n) is 4.73. The van der Waals surface area contributed by atoms with Crippen LogP contribution < -0.4 is 11.3 Å². The van der Waals surface area contributed by atoms with Gasteiger partial charge in [-0.05, 0) is 46.4 Å².